The first-order valence-corrected chi connectivity index (χ1v) is 4.12. The quantitative estimate of drug-likeness (QED) is 0.534. The summed E-state index contributed by atoms with van der Waals surface area (Å²) in [5.41, 5.74) is -0.898. The zero-order valence-electron chi connectivity index (χ0n) is 8.45. The van der Waals surface area contributed by atoms with Gasteiger partial charge in [0, 0.05) is 6.20 Å². The van der Waals surface area contributed by atoms with Crippen LogP contribution in [0.2, 0.25) is 0 Å². The van der Waals surface area contributed by atoms with Crippen LogP contribution in [0, 0.1) is 0 Å². The highest BCUT2D eigenvalue weighted by molar-refractivity contribution is 5.87. The van der Waals surface area contributed by atoms with Crippen molar-refractivity contribution in [3.63, 3.8) is 0 Å². The van der Waals surface area contributed by atoms with Crippen LogP contribution >= 0.6 is 0 Å². The Labute approximate surface area is 79.4 Å². The minimum Gasteiger partial charge on any atom is -0.472 e. The third-order valence-corrected chi connectivity index (χ3v) is 1.69. The Balaban J connectivity index is 4.33. The van der Waals surface area contributed by atoms with Crippen molar-refractivity contribution in [2.75, 3.05) is 0 Å². The van der Waals surface area contributed by atoms with Crippen molar-refractivity contribution in [1.29, 1.82) is 0 Å². The standard InChI is InChI=1S/C10H17NO2/c1-6-9(11-7-2)13-8(3)10(4,5)12/h6-8,12H,1-2H2,3-5H3. The first kappa shape index (κ1) is 11.9. The van der Waals surface area contributed by atoms with Crippen molar-refractivity contribution in [1.82, 2.24) is 0 Å². The topological polar surface area (TPSA) is 41.8 Å². The summed E-state index contributed by atoms with van der Waals surface area (Å²) in [4.78, 5) is 3.83. The van der Waals surface area contributed by atoms with Crippen LogP contribution in [0.3, 0.4) is 0 Å². The van der Waals surface area contributed by atoms with Gasteiger partial charge in [-0.1, -0.05) is 13.2 Å². The van der Waals surface area contributed by atoms with Gasteiger partial charge in [0.15, 0.2) is 0 Å². The summed E-state index contributed by atoms with van der Waals surface area (Å²) in [7, 11) is 0. The fraction of sp³-hybridized carbons (Fsp3) is 0.500. The summed E-state index contributed by atoms with van der Waals surface area (Å²) >= 11 is 0. The van der Waals surface area contributed by atoms with Gasteiger partial charge in [-0.3, -0.25) is 0 Å². The number of hydrogen-bond donors (Lipinski definition) is 1. The first-order chi connectivity index (χ1) is 5.91. The molecule has 0 aliphatic carbocycles. The Bertz CT molecular complexity index is 213. The fourth-order valence-electron chi connectivity index (χ4n) is 0.547. The minimum atomic E-state index is -0.898. The van der Waals surface area contributed by atoms with E-state index in [2.05, 4.69) is 18.2 Å². The number of aliphatic hydroxyl groups is 1. The zero-order chi connectivity index (χ0) is 10.5. The average molecular weight is 183 g/mol. The Morgan fingerprint density at radius 2 is 2.08 bits per heavy atom. The molecule has 1 unspecified atom stereocenters. The Kier molecular flexibility index (Phi) is 4.42. The van der Waals surface area contributed by atoms with Crippen molar-refractivity contribution in [2.24, 2.45) is 4.99 Å². The molecule has 0 aromatic rings. The molecule has 0 fully saturated rings. The molecule has 0 saturated heterocycles. The highest BCUT2D eigenvalue weighted by Crippen LogP contribution is 2.12. The molecule has 1 N–H and O–H groups in total. The normalized spacial score (nSPS) is 14.9. The van der Waals surface area contributed by atoms with E-state index in [1.165, 1.54) is 12.3 Å². The molecule has 0 saturated carbocycles. The molecule has 0 aromatic carbocycles. The molecule has 0 rings (SSSR count). The SMILES string of the molecule is C=CN=C(C=C)OC(C)C(C)(C)O. The third kappa shape index (κ3) is 4.48. The van der Waals surface area contributed by atoms with Crippen molar-refractivity contribution in [2.45, 2.75) is 32.5 Å². The molecular weight excluding hydrogens is 166 g/mol. The van der Waals surface area contributed by atoms with E-state index in [9.17, 15) is 5.11 Å². The van der Waals surface area contributed by atoms with Gasteiger partial charge in [0.05, 0.1) is 5.60 Å². The molecule has 3 nitrogen and oxygen atoms in total. The zero-order valence-corrected chi connectivity index (χ0v) is 8.45. The van der Waals surface area contributed by atoms with Crippen molar-refractivity contribution in [3.05, 3.63) is 25.4 Å². The summed E-state index contributed by atoms with van der Waals surface area (Å²) in [6.07, 6.45) is 2.50. The Morgan fingerprint density at radius 1 is 1.54 bits per heavy atom. The molecule has 13 heavy (non-hydrogen) atoms. The smallest absolute Gasteiger partial charge is 0.212 e. The van der Waals surface area contributed by atoms with Gasteiger partial charge in [-0.25, -0.2) is 4.99 Å². The van der Waals surface area contributed by atoms with E-state index in [0.29, 0.717) is 5.90 Å². The molecule has 1 atom stereocenters. The van der Waals surface area contributed by atoms with E-state index in [1.807, 2.05) is 0 Å². The number of hydrogen-bond acceptors (Lipinski definition) is 3. The van der Waals surface area contributed by atoms with Gasteiger partial charge in [0.1, 0.15) is 6.10 Å². The highest BCUT2D eigenvalue weighted by atomic mass is 16.5. The lowest BCUT2D eigenvalue weighted by Gasteiger charge is -2.26. The van der Waals surface area contributed by atoms with Crippen LogP contribution in [0.1, 0.15) is 20.8 Å². The van der Waals surface area contributed by atoms with Gasteiger partial charge in [-0.15, -0.1) is 0 Å². The second kappa shape index (κ2) is 4.82. The molecule has 0 aromatic heterocycles. The lowest BCUT2D eigenvalue weighted by Crippen LogP contribution is -2.36. The predicted molar refractivity (Wildman–Crippen MR) is 54.7 cm³/mol. The molecule has 0 aliphatic rings. The number of ether oxygens (including phenoxy) is 1. The second-order valence-corrected chi connectivity index (χ2v) is 3.27. The van der Waals surface area contributed by atoms with Crippen molar-refractivity contribution in [3.8, 4) is 0 Å². The maximum Gasteiger partial charge on any atom is 0.212 e. The van der Waals surface area contributed by atoms with Crippen LogP contribution in [-0.2, 0) is 4.74 Å². The van der Waals surface area contributed by atoms with Gasteiger partial charge in [-0.2, -0.15) is 0 Å². The number of aliphatic imine (C=N–C) groups is 1. The second-order valence-electron chi connectivity index (χ2n) is 3.27. The first-order valence-electron chi connectivity index (χ1n) is 4.12. The molecule has 0 spiro atoms. The number of rotatable bonds is 4. The molecule has 0 aliphatic heterocycles. The summed E-state index contributed by atoms with van der Waals surface area (Å²) < 4.78 is 5.32. The van der Waals surface area contributed by atoms with Gasteiger partial charge < -0.3 is 9.84 Å². The lowest BCUT2D eigenvalue weighted by atomic mass is 10.0. The van der Waals surface area contributed by atoms with E-state index in [4.69, 9.17) is 4.74 Å². The van der Waals surface area contributed by atoms with Gasteiger partial charge in [-0.05, 0) is 26.8 Å². The van der Waals surface area contributed by atoms with Crippen LogP contribution < -0.4 is 0 Å². The molecule has 0 radical (unpaired) electrons. The van der Waals surface area contributed by atoms with Crippen LogP contribution in [0.25, 0.3) is 0 Å². The molecule has 0 amide bonds. The molecule has 74 valence electrons. The Hall–Kier alpha value is -1.09. The third-order valence-electron chi connectivity index (χ3n) is 1.69. The minimum absolute atomic E-state index is 0.343. The molecule has 0 heterocycles. The lowest BCUT2D eigenvalue weighted by molar-refractivity contribution is -0.0295. The van der Waals surface area contributed by atoms with Gasteiger partial charge in [0.25, 0.3) is 0 Å². The molecular formula is C10H17NO2. The van der Waals surface area contributed by atoms with E-state index in [-0.39, 0.29) is 6.10 Å². The summed E-state index contributed by atoms with van der Waals surface area (Å²) in [5, 5.41) is 9.56. The predicted octanol–water partition coefficient (Wildman–Crippen LogP) is 1.89. The molecule has 0 bridgehead atoms. The maximum absolute atomic E-state index is 9.56. The summed E-state index contributed by atoms with van der Waals surface area (Å²) in [6, 6.07) is 0. The van der Waals surface area contributed by atoms with Crippen LogP contribution in [0.5, 0.6) is 0 Å². The van der Waals surface area contributed by atoms with Crippen LogP contribution in [-0.4, -0.2) is 22.7 Å². The largest absolute Gasteiger partial charge is 0.472 e. The Morgan fingerprint density at radius 3 is 2.38 bits per heavy atom. The van der Waals surface area contributed by atoms with E-state index in [0.717, 1.165) is 0 Å². The maximum atomic E-state index is 9.56. The fourth-order valence-corrected chi connectivity index (χ4v) is 0.547. The average Bonchev–Trinajstić information content (AvgIpc) is 2.01. The molecule has 3 heteroatoms. The summed E-state index contributed by atoms with van der Waals surface area (Å²) in [5.74, 6) is 0.365. The van der Waals surface area contributed by atoms with Crippen LogP contribution in [0.15, 0.2) is 30.4 Å². The van der Waals surface area contributed by atoms with E-state index < -0.39 is 5.60 Å². The van der Waals surface area contributed by atoms with Crippen molar-refractivity contribution >= 4 is 5.90 Å². The van der Waals surface area contributed by atoms with Crippen molar-refractivity contribution < 1.29 is 9.84 Å². The number of nitrogens with zero attached hydrogens (tertiary/aromatic N) is 1. The van der Waals surface area contributed by atoms with Gasteiger partial charge in [0.2, 0.25) is 5.90 Å². The highest BCUT2D eigenvalue weighted by Gasteiger charge is 2.24. The van der Waals surface area contributed by atoms with E-state index in [1.54, 1.807) is 20.8 Å². The van der Waals surface area contributed by atoms with Crippen LogP contribution in [0.4, 0.5) is 0 Å². The summed E-state index contributed by atoms with van der Waals surface area (Å²) in [6.45, 7) is 12.1. The monoisotopic (exact) mass is 183 g/mol. The van der Waals surface area contributed by atoms with Gasteiger partial charge >= 0.3 is 0 Å². The van der Waals surface area contributed by atoms with E-state index >= 15 is 0 Å².